The number of nitrogens with zero attached hydrogens (tertiary/aromatic N) is 3. The van der Waals surface area contributed by atoms with Crippen LogP contribution in [-0.4, -0.2) is 73.0 Å². The number of benzene rings is 2. The van der Waals surface area contributed by atoms with Crippen LogP contribution in [0.15, 0.2) is 58.8 Å². The number of aromatic nitrogens is 2. The van der Waals surface area contributed by atoms with Crippen molar-refractivity contribution >= 4 is 61.6 Å². The summed E-state index contributed by atoms with van der Waals surface area (Å²) in [6.07, 6.45) is -2.01. The molecule has 1 aliphatic rings. The lowest BCUT2D eigenvalue weighted by molar-refractivity contribution is -0.192. The number of alkyl halides is 3. The minimum Gasteiger partial charge on any atom is -0.496 e. The molecule has 0 radical (unpaired) electrons. The van der Waals surface area contributed by atoms with Crippen LogP contribution in [0.3, 0.4) is 0 Å². The van der Waals surface area contributed by atoms with Gasteiger partial charge in [-0.15, -0.1) is 11.3 Å². The Hall–Kier alpha value is -3.86. The lowest BCUT2D eigenvalue weighted by Gasteiger charge is -2.31. The van der Waals surface area contributed by atoms with Crippen LogP contribution in [0, 0.1) is 0 Å². The predicted molar refractivity (Wildman–Crippen MR) is 168 cm³/mol. The number of amides is 1. The normalized spacial score (nSPS) is 15.6. The number of thiophene rings is 1. The van der Waals surface area contributed by atoms with Crippen molar-refractivity contribution in [2.24, 2.45) is 0 Å². The molecule has 0 bridgehead atoms. The number of likely N-dealkylation sites (N-methyl/N-ethyl adjacent to an activating group) is 1. The number of nitrogens with one attached hydrogen (secondary N) is 2. The van der Waals surface area contributed by atoms with E-state index in [1.807, 2.05) is 43.4 Å². The molecule has 3 heterocycles. The number of fused-ring (bicyclic) bond motifs is 1. The Morgan fingerprint density at radius 2 is 1.83 bits per heavy atom. The van der Waals surface area contributed by atoms with E-state index in [0.29, 0.717) is 28.6 Å². The number of carboxylic acid groups (broad SMARTS) is 1. The number of hydrogen-bond donors (Lipinski definition) is 3. The van der Waals surface area contributed by atoms with Gasteiger partial charge in [-0.3, -0.25) is 19.1 Å². The van der Waals surface area contributed by atoms with Crippen LogP contribution in [0.25, 0.3) is 10.9 Å². The van der Waals surface area contributed by atoms with Crippen LogP contribution >= 0.6 is 22.9 Å². The van der Waals surface area contributed by atoms with Gasteiger partial charge in [0.15, 0.2) is 5.82 Å². The fourth-order valence-corrected chi connectivity index (χ4v) is 7.40. The van der Waals surface area contributed by atoms with E-state index in [1.54, 1.807) is 16.8 Å². The highest BCUT2D eigenvalue weighted by atomic mass is 35.5. The topological polar surface area (TPSA) is 143 Å². The number of likely N-dealkylation sites (tertiary alicyclic amines) is 1. The van der Waals surface area contributed by atoms with Gasteiger partial charge in [0.1, 0.15) is 9.96 Å². The highest BCUT2D eigenvalue weighted by Crippen LogP contribution is 2.35. The van der Waals surface area contributed by atoms with Crippen LogP contribution in [-0.2, 0) is 32.7 Å². The molecule has 1 atom stereocenters. The van der Waals surface area contributed by atoms with Gasteiger partial charge in [-0.1, -0.05) is 48.4 Å². The van der Waals surface area contributed by atoms with E-state index < -0.39 is 22.2 Å². The van der Waals surface area contributed by atoms with E-state index in [4.69, 9.17) is 26.2 Å². The van der Waals surface area contributed by atoms with Gasteiger partial charge in [-0.25, -0.2) is 13.2 Å². The number of anilines is 1. The summed E-state index contributed by atoms with van der Waals surface area (Å²) in [5.41, 5.74) is 2.65. The van der Waals surface area contributed by atoms with Crippen LogP contribution in [0.1, 0.15) is 30.4 Å². The smallest absolute Gasteiger partial charge is 0.490 e. The highest BCUT2D eigenvalue weighted by Gasteiger charge is 2.38. The van der Waals surface area contributed by atoms with Crippen molar-refractivity contribution in [1.29, 1.82) is 0 Å². The minimum atomic E-state index is -5.08. The van der Waals surface area contributed by atoms with Crippen LogP contribution in [0.2, 0.25) is 4.34 Å². The summed E-state index contributed by atoms with van der Waals surface area (Å²) in [6.45, 7) is 1.76. The third-order valence-electron chi connectivity index (χ3n) is 7.11. The number of piperidine rings is 1. The van der Waals surface area contributed by atoms with Crippen molar-refractivity contribution in [2.45, 2.75) is 48.8 Å². The molecule has 0 spiro atoms. The van der Waals surface area contributed by atoms with Gasteiger partial charge in [0.25, 0.3) is 10.0 Å². The number of rotatable bonds is 9. The van der Waals surface area contributed by atoms with E-state index in [0.717, 1.165) is 53.8 Å². The summed E-state index contributed by atoms with van der Waals surface area (Å²) in [5.74, 6) is -2.03. The molecule has 2 aromatic heterocycles. The molecule has 46 heavy (non-hydrogen) atoms. The average Bonchev–Trinajstić information content (AvgIpc) is 3.60. The van der Waals surface area contributed by atoms with Crippen LogP contribution < -0.4 is 14.8 Å². The zero-order valence-corrected chi connectivity index (χ0v) is 27.1. The lowest BCUT2D eigenvalue weighted by Crippen LogP contribution is -2.47. The molecule has 0 aliphatic carbocycles. The Morgan fingerprint density at radius 3 is 2.46 bits per heavy atom. The molecule has 1 aliphatic heterocycles. The Bertz CT molecular complexity index is 1810. The Morgan fingerprint density at radius 1 is 1.13 bits per heavy atom. The second kappa shape index (κ2) is 14.7. The van der Waals surface area contributed by atoms with Gasteiger partial charge in [0.05, 0.1) is 34.9 Å². The Kier molecular flexibility index (Phi) is 11.2. The Labute approximate surface area is 272 Å². The molecule has 1 saturated heterocycles. The number of sulfonamides is 1. The quantitative estimate of drug-likeness (QED) is 0.212. The highest BCUT2D eigenvalue weighted by molar-refractivity contribution is 7.94. The maximum absolute atomic E-state index is 13.0. The van der Waals surface area contributed by atoms with E-state index in [9.17, 15) is 26.4 Å². The molecule has 1 unspecified atom stereocenters. The fraction of sp³-hybridized carbons (Fsp3) is 0.345. The SMILES string of the molecule is COc1cccc2c1c(NS(=O)(=O)c1ccc(Cl)s1)nn2Cc1cccc(CNC(=O)C2CCCCN2C)c1.O=C(O)C(F)(F)F. The number of carbonyl (C=O) groups excluding carboxylic acids is 1. The standard InChI is InChI=1S/C27H30ClN5O4S2.C2HF3O2/c1-32-14-4-3-9-21(32)27(34)29-16-18-7-5-8-19(15-18)17-33-20-10-6-11-22(37-2)25(20)26(30-33)31-39(35,36)24-13-12-23(28)38-24;3-2(4,5)1(6)7/h5-8,10-13,15,21H,3-4,9,14,16-17H2,1-2H3,(H,29,34)(H,30,31);(H,6,7). The van der Waals surface area contributed by atoms with Gasteiger partial charge in [0, 0.05) is 6.54 Å². The summed E-state index contributed by atoms with van der Waals surface area (Å²) in [4.78, 5) is 23.8. The third kappa shape index (κ3) is 8.69. The molecule has 17 heteroatoms. The Balaban J connectivity index is 0.000000617. The second-order valence-electron chi connectivity index (χ2n) is 10.4. The van der Waals surface area contributed by atoms with Crippen molar-refractivity contribution in [3.8, 4) is 5.75 Å². The first-order chi connectivity index (χ1) is 21.7. The molecule has 1 fully saturated rings. The zero-order chi connectivity index (χ0) is 33.6. The molecule has 248 valence electrons. The first-order valence-corrected chi connectivity index (χ1v) is 16.5. The number of ether oxygens (including phenoxy) is 1. The van der Waals surface area contributed by atoms with Gasteiger partial charge in [-0.05, 0) is 61.8 Å². The number of halogens is 4. The summed E-state index contributed by atoms with van der Waals surface area (Å²) in [7, 11) is -0.364. The molecule has 2 aromatic carbocycles. The molecule has 3 N–H and O–H groups in total. The molecular weight excluding hydrogens is 671 g/mol. The van der Waals surface area contributed by atoms with E-state index in [1.165, 1.54) is 13.2 Å². The second-order valence-corrected chi connectivity index (χ2v) is 14.0. The van der Waals surface area contributed by atoms with Crippen molar-refractivity contribution in [1.82, 2.24) is 20.0 Å². The summed E-state index contributed by atoms with van der Waals surface area (Å²) >= 11 is 6.94. The molecule has 5 rings (SSSR count). The molecule has 11 nitrogen and oxygen atoms in total. The number of carbonyl (C=O) groups is 2. The van der Waals surface area contributed by atoms with Crippen molar-refractivity contribution < 1.29 is 41.0 Å². The molecule has 4 aromatic rings. The molecule has 1 amide bonds. The van der Waals surface area contributed by atoms with Crippen LogP contribution in [0.5, 0.6) is 5.75 Å². The monoisotopic (exact) mass is 701 g/mol. The first kappa shape index (κ1) is 35.0. The maximum atomic E-state index is 13.0. The number of hydrogen-bond acceptors (Lipinski definition) is 8. The third-order valence-corrected chi connectivity index (χ3v) is 10.2. The molecule has 0 saturated carbocycles. The summed E-state index contributed by atoms with van der Waals surface area (Å²) in [6, 6.07) is 16.3. The zero-order valence-electron chi connectivity index (χ0n) is 24.7. The number of carboxylic acids is 1. The predicted octanol–water partition coefficient (Wildman–Crippen LogP) is 5.34. The summed E-state index contributed by atoms with van der Waals surface area (Å²) in [5, 5.41) is 15.4. The number of aliphatic carboxylic acids is 1. The van der Waals surface area contributed by atoms with Gasteiger partial charge in [0.2, 0.25) is 5.91 Å². The molecular formula is C29H31ClF3N5O6S2. The average molecular weight is 702 g/mol. The fourth-order valence-electron chi connectivity index (χ4n) is 4.90. The van der Waals surface area contributed by atoms with Crippen molar-refractivity contribution in [2.75, 3.05) is 25.4 Å². The van der Waals surface area contributed by atoms with Gasteiger partial charge in [-0.2, -0.15) is 18.3 Å². The largest absolute Gasteiger partial charge is 0.496 e. The van der Waals surface area contributed by atoms with E-state index >= 15 is 0 Å². The first-order valence-electron chi connectivity index (χ1n) is 13.9. The number of methoxy groups -OCH3 is 1. The van der Waals surface area contributed by atoms with E-state index in [2.05, 4.69) is 20.0 Å². The van der Waals surface area contributed by atoms with Gasteiger partial charge < -0.3 is 15.2 Å². The van der Waals surface area contributed by atoms with Crippen LogP contribution in [0.4, 0.5) is 19.0 Å². The summed E-state index contributed by atoms with van der Waals surface area (Å²) < 4.78 is 68.2. The maximum Gasteiger partial charge on any atom is 0.490 e. The van der Waals surface area contributed by atoms with Crippen molar-refractivity contribution in [3.63, 3.8) is 0 Å². The van der Waals surface area contributed by atoms with Gasteiger partial charge >= 0.3 is 12.1 Å². The lowest BCUT2D eigenvalue weighted by atomic mass is 10.0. The van der Waals surface area contributed by atoms with Crippen molar-refractivity contribution in [3.05, 3.63) is 70.1 Å². The minimum absolute atomic E-state index is 0.0525. The van der Waals surface area contributed by atoms with E-state index in [-0.39, 0.29) is 22.0 Å².